The lowest BCUT2D eigenvalue weighted by molar-refractivity contribution is -0.115. The fourth-order valence-corrected chi connectivity index (χ4v) is 3.78. The second kappa shape index (κ2) is 8.75. The lowest BCUT2D eigenvalue weighted by atomic mass is 10.2. The predicted octanol–water partition coefficient (Wildman–Crippen LogP) is 4.44. The van der Waals surface area contributed by atoms with E-state index in [1.54, 1.807) is 13.0 Å². The normalized spacial score (nSPS) is 15.6. The van der Waals surface area contributed by atoms with Gasteiger partial charge in [0.15, 0.2) is 0 Å². The number of carbonyl (C=O) groups excluding carboxylic acids is 1. The number of benzene rings is 2. The van der Waals surface area contributed by atoms with Crippen LogP contribution in [0.1, 0.15) is 6.92 Å². The summed E-state index contributed by atoms with van der Waals surface area (Å²) >= 11 is 7.12. The Bertz CT molecular complexity index is 767. The molecule has 1 fully saturated rings. The average Bonchev–Trinajstić information content (AvgIpc) is 2.66. The third-order valence-electron chi connectivity index (χ3n) is 4.08. The number of amides is 1. The van der Waals surface area contributed by atoms with Gasteiger partial charge in [0, 0.05) is 29.4 Å². The van der Waals surface area contributed by atoms with Gasteiger partial charge in [0.25, 0.3) is 0 Å². The van der Waals surface area contributed by atoms with Gasteiger partial charge in [-0.3, -0.25) is 4.79 Å². The lowest BCUT2D eigenvalue weighted by Gasteiger charge is -2.28. The highest BCUT2D eigenvalue weighted by molar-refractivity contribution is 8.00. The number of nitrogens with zero attached hydrogens (tertiary/aromatic N) is 1. The zero-order valence-electron chi connectivity index (χ0n) is 14.4. The zero-order valence-corrected chi connectivity index (χ0v) is 15.9. The number of rotatable bonds is 5. The first-order valence-electron chi connectivity index (χ1n) is 8.38. The van der Waals surface area contributed by atoms with Crippen LogP contribution in [0.15, 0.2) is 47.4 Å². The first-order valence-corrected chi connectivity index (χ1v) is 9.64. The Balaban J connectivity index is 1.57. The van der Waals surface area contributed by atoms with Gasteiger partial charge in [-0.2, -0.15) is 0 Å². The van der Waals surface area contributed by atoms with Crippen molar-refractivity contribution in [2.45, 2.75) is 17.1 Å². The van der Waals surface area contributed by atoms with Gasteiger partial charge in [0.05, 0.1) is 23.5 Å². The number of thioether (sulfide) groups is 1. The second-order valence-electron chi connectivity index (χ2n) is 5.97. The van der Waals surface area contributed by atoms with E-state index in [0.717, 1.165) is 42.6 Å². The van der Waals surface area contributed by atoms with Crippen LogP contribution in [0.2, 0.25) is 5.02 Å². The number of hydrogen-bond acceptors (Lipinski definition) is 4. The molecule has 1 aliphatic rings. The number of morpholine rings is 1. The number of anilines is 2. The van der Waals surface area contributed by atoms with E-state index in [1.807, 2.05) is 24.3 Å². The minimum atomic E-state index is -0.464. The molecule has 2 aromatic carbocycles. The van der Waals surface area contributed by atoms with E-state index < -0.39 is 5.82 Å². The van der Waals surface area contributed by atoms with Crippen LogP contribution in [0.4, 0.5) is 15.8 Å². The molecule has 7 heteroatoms. The van der Waals surface area contributed by atoms with Gasteiger partial charge in [-0.15, -0.1) is 11.8 Å². The standard InChI is InChI=1S/C19H20ClFN2O2S/c1-13(26-16-6-7-18(21)17(20)12-16)19(24)22-14-2-4-15(5-3-14)23-8-10-25-11-9-23/h2-7,12-13H,8-11H2,1H3,(H,22,24). The van der Waals surface area contributed by atoms with Crippen LogP contribution < -0.4 is 10.2 Å². The Morgan fingerprint density at radius 2 is 1.92 bits per heavy atom. The van der Waals surface area contributed by atoms with E-state index in [0.29, 0.717) is 0 Å². The third kappa shape index (κ3) is 4.90. The summed E-state index contributed by atoms with van der Waals surface area (Å²) in [6.07, 6.45) is 0. The predicted molar refractivity (Wildman–Crippen MR) is 105 cm³/mol. The van der Waals surface area contributed by atoms with E-state index in [9.17, 15) is 9.18 Å². The third-order valence-corrected chi connectivity index (χ3v) is 5.47. The summed E-state index contributed by atoms with van der Waals surface area (Å²) in [6, 6.07) is 12.2. The molecule has 4 nitrogen and oxygen atoms in total. The number of halogens is 2. The van der Waals surface area contributed by atoms with Gasteiger partial charge < -0.3 is 15.0 Å². The van der Waals surface area contributed by atoms with Crippen LogP contribution in [-0.4, -0.2) is 37.5 Å². The van der Waals surface area contributed by atoms with Crippen LogP contribution in [0.3, 0.4) is 0 Å². The summed E-state index contributed by atoms with van der Waals surface area (Å²) in [5, 5.41) is 2.63. The Hall–Kier alpha value is -1.76. The highest BCUT2D eigenvalue weighted by Gasteiger charge is 2.16. The summed E-state index contributed by atoms with van der Waals surface area (Å²) in [4.78, 5) is 15.4. The molecule has 0 aliphatic carbocycles. The van der Waals surface area contributed by atoms with Crippen molar-refractivity contribution in [1.29, 1.82) is 0 Å². The monoisotopic (exact) mass is 394 g/mol. The molecule has 0 saturated carbocycles. The molecule has 1 atom stereocenters. The second-order valence-corrected chi connectivity index (χ2v) is 7.79. The van der Waals surface area contributed by atoms with E-state index in [2.05, 4.69) is 10.2 Å². The molecular formula is C19H20ClFN2O2S. The lowest BCUT2D eigenvalue weighted by Crippen LogP contribution is -2.36. The van der Waals surface area contributed by atoms with Gasteiger partial charge in [-0.1, -0.05) is 11.6 Å². The SMILES string of the molecule is CC(Sc1ccc(F)c(Cl)c1)C(=O)Nc1ccc(N2CCOCC2)cc1. The molecule has 2 aromatic rings. The van der Waals surface area contributed by atoms with Crippen LogP contribution in [-0.2, 0) is 9.53 Å². The van der Waals surface area contributed by atoms with Crippen molar-refractivity contribution in [2.75, 3.05) is 36.5 Å². The number of carbonyl (C=O) groups is 1. The van der Waals surface area contributed by atoms with Gasteiger partial charge >= 0.3 is 0 Å². The van der Waals surface area contributed by atoms with Crippen LogP contribution in [0.25, 0.3) is 0 Å². The molecule has 0 radical (unpaired) electrons. The van der Waals surface area contributed by atoms with Crippen molar-refractivity contribution >= 4 is 40.6 Å². The van der Waals surface area contributed by atoms with E-state index in [-0.39, 0.29) is 16.2 Å². The molecule has 1 unspecified atom stereocenters. The van der Waals surface area contributed by atoms with Crippen LogP contribution in [0, 0.1) is 5.82 Å². The fourth-order valence-electron chi connectivity index (χ4n) is 2.63. The first-order chi connectivity index (χ1) is 12.5. The molecule has 1 N–H and O–H groups in total. The summed E-state index contributed by atoms with van der Waals surface area (Å²) in [5.41, 5.74) is 1.87. The Kier molecular flexibility index (Phi) is 6.40. The van der Waals surface area contributed by atoms with Gasteiger partial charge in [0.1, 0.15) is 5.82 Å². The molecule has 1 amide bonds. The summed E-state index contributed by atoms with van der Waals surface area (Å²) in [5.74, 6) is -0.581. The molecule has 0 aromatic heterocycles. The molecule has 1 heterocycles. The summed E-state index contributed by atoms with van der Waals surface area (Å²) in [6.45, 7) is 5.03. The molecule has 3 rings (SSSR count). The molecule has 26 heavy (non-hydrogen) atoms. The molecule has 138 valence electrons. The Labute approximate surface area is 161 Å². The maximum Gasteiger partial charge on any atom is 0.237 e. The minimum absolute atomic E-state index is 0.0568. The van der Waals surface area contributed by atoms with Crippen molar-refractivity contribution < 1.29 is 13.9 Å². The van der Waals surface area contributed by atoms with Crippen molar-refractivity contribution in [3.63, 3.8) is 0 Å². The maximum absolute atomic E-state index is 13.2. The van der Waals surface area contributed by atoms with E-state index in [4.69, 9.17) is 16.3 Å². The van der Waals surface area contributed by atoms with Crippen LogP contribution >= 0.6 is 23.4 Å². The van der Waals surface area contributed by atoms with Crippen molar-refractivity contribution in [3.05, 3.63) is 53.3 Å². The number of nitrogens with one attached hydrogen (secondary N) is 1. The van der Waals surface area contributed by atoms with Gasteiger partial charge in [0.2, 0.25) is 5.91 Å². The zero-order chi connectivity index (χ0) is 18.5. The molecule has 1 aliphatic heterocycles. The number of hydrogen-bond donors (Lipinski definition) is 1. The average molecular weight is 395 g/mol. The fraction of sp³-hybridized carbons (Fsp3) is 0.316. The largest absolute Gasteiger partial charge is 0.378 e. The van der Waals surface area contributed by atoms with Crippen LogP contribution in [0.5, 0.6) is 0 Å². The Morgan fingerprint density at radius 1 is 1.23 bits per heavy atom. The molecular weight excluding hydrogens is 375 g/mol. The van der Waals surface area contributed by atoms with E-state index in [1.165, 1.54) is 23.9 Å². The quantitative estimate of drug-likeness (QED) is 0.761. The van der Waals surface area contributed by atoms with Gasteiger partial charge in [-0.05, 0) is 49.4 Å². The maximum atomic E-state index is 13.2. The topological polar surface area (TPSA) is 41.6 Å². The van der Waals surface area contributed by atoms with Gasteiger partial charge in [-0.25, -0.2) is 4.39 Å². The Morgan fingerprint density at radius 3 is 2.58 bits per heavy atom. The van der Waals surface area contributed by atoms with Crippen molar-refractivity contribution in [3.8, 4) is 0 Å². The van der Waals surface area contributed by atoms with Crippen molar-refractivity contribution in [1.82, 2.24) is 0 Å². The highest BCUT2D eigenvalue weighted by atomic mass is 35.5. The molecule has 0 bridgehead atoms. The minimum Gasteiger partial charge on any atom is -0.378 e. The van der Waals surface area contributed by atoms with Crippen molar-refractivity contribution in [2.24, 2.45) is 0 Å². The molecule has 0 spiro atoms. The summed E-state index contributed by atoms with van der Waals surface area (Å²) in [7, 11) is 0. The molecule has 1 saturated heterocycles. The van der Waals surface area contributed by atoms with E-state index >= 15 is 0 Å². The number of ether oxygens (including phenoxy) is 1. The highest BCUT2D eigenvalue weighted by Crippen LogP contribution is 2.28. The first kappa shape index (κ1) is 19.0. The smallest absolute Gasteiger partial charge is 0.237 e. The summed E-state index contributed by atoms with van der Waals surface area (Å²) < 4.78 is 18.6.